The van der Waals surface area contributed by atoms with Crippen LogP contribution in [0.4, 0.5) is 4.79 Å². The number of carbonyl (C=O) groups is 2. The van der Waals surface area contributed by atoms with Gasteiger partial charge in [0.25, 0.3) is 0 Å². The summed E-state index contributed by atoms with van der Waals surface area (Å²) in [6.45, 7) is 5.04. The van der Waals surface area contributed by atoms with E-state index in [0.717, 1.165) is 71.4 Å². The maximum atomic E-state index is 12.3. The van der Waals surface area contributed by atoms with E-state index < -0.39 is 0 Å². The summed E-state index contributed by atoms with van der Waals surface area (Å²) in [5, 5.41) is 6.47. The molecule has 0 aromatic carbocycles. The van der Waals surface area contributed by atoms with E-state index >= 15 is 0 Å². The lowest BCUT2D eigenvalue weighted by atomic mass is 9.96. The van der Waals surface area contributed by atoms with Crippen LogP contribution in [0.5, 0.6) is 0 Å². The molecule has 0 saturated carbocycles. The number of likely N-dealkylation sites (tertiary alicyclic amines) is 2. The summed E-state index contributed by atoms with van der Waals surface area (Å²) in [6, 6.07) is 0.618. The largest absolute Gasteiger partial charge is 0.354 e. The minimum atomic E-state index is 0. The number of rotatable bonds is 3. The monoisotopic (exact) mass is 344 g/mol. The van der Waals surface area contributed by atoms with Gasteiger partial charge in [-0.3, -0.25) is 4.79 Å². The highest BCUT2D eigenvalue weighted by atomic mass is 35.5. The van der Waals surface area contributed by atoms with E-state index in [1.54, 1.807) is 0 Å². The number of hydrogen-bond donors (Lipinski definition) is 2. The third-order valence-electron chi connectivity index (χ3n) is 5.20. The first kappa shape index (κ1) is 18.3. The van der Waals surface area contributed by atoms with Crippen LogP contribution >= 0.6 is 12.4 Å². The molecule has 0 aromatic rings. The summed E-state index contributed by atoms with van der Waals surface area (Å²) < 4.78 is 0. The van der Waals surface area contributed by atoms with Gasteiger partial charge in [0.05, 0.1) is 0 Å². The van der Waals surface area contributed by atoms with E-state index in [9.17, 15) is 9.59 Å². The second-order valence-electron chi connectivity index (χ2n) is 6.78. The van der Waals surface area contributed by atoms with Gasteiger partial charge >= 0.3 is 6.03 Å². The Morgan fingerprint density at radius 1 is 0.957 bits per heavy atom. The average Bonchev–Trinajstić information content (AvgIpc) is 3.25. The van der Waals surface area contributed by atoms with Gasteiger partial charge in [-0.1, -0.05) is 0 Å². The van der Waals surface area contributed by atoms with Crippen LogP contribution in [0.2, 0.25) is 0 Å². The highest BCUT2D eigenvalue weighted by molar-refractivity contribution is 5.85. The molecule has 0 bridgehead atoms. The lowest BCUT2D eigenvalue weighted by Crippen LogP contribution is -2.48. The Labute approximate surface area is 144 Å². The van der Waals surface area contributed by atoms with Gasteiger partial charge in [-0.05, 0) is 45.1 Å². The van der Waals surface area contributed by atoms with Crippen LogP contribution in [0, 0.1) is 5.92 Å². The van der Waals surface area contributed by atoms with Gasteiger partial charge in [0.1, 0.15) is 0 Å². The molecule has 0 aromatic heterocycles. The van der Waals surface area contributed by atoms with Crippen molar-refractivity contribution in [1.29, 1.82) is 0 Å². The van der Waals surface area contributed by atoms with Crippen molar-refractivity contribution in [3.63, 3.8) is 0 Å². The van der Waals surface area contributed by atoms with Crippen molar-refractivity contribution >= 4 is 24.3 Å². The van der Waals surface area contributed by atoms with E-state index in [-0.39, 0.29) is 30.3 Å². The summed E-state index contributed by atoms with van der Waals surface area (Å²) in [5.74, 6) is 0.242. The van der Waals surface area contributed by atoms with Crippen LogP contribution in [0.15, 0.2) is 0 Å². The van der Waals surface area contributed by atoms with Crippen LogP contribution in [-0.2, 0) is 4.79 Å². The molecular formula is C16H29ClN4O2. The van der Waals surface area contributed by atoms with Crippen LogP contribution in [-0.4, -0.2) is 67.0 Å². The summed E-state index contributed by atoms with van der Waals surface area (Å²) in [6.07, 6.45) is 6.20. The van der Waals surface area contributed by atoms with Gasteiger partial charge in [-0.15, -0.1) is 12.4 Å². The molecule has 3 rings (SSSR count). The molecule has 3 aliphatic rings. The van der Waals surface area contributed by atoms with E-state index in [1.807, 2.05) is 9.80 Å². The number of urea groups is 1. The van der Waals surface area contributed by atoms with Crippen molar-refractivity contribution in [3.8, 4) is 0 Å². The zero-order chi connectivity index (χ0) is 15.4. The van der Waals surface area contributed by atoms with Crippen molar-refractivity contribution in [2.24, 2.45) is 5.92 Å². The summed E-state index contributed by atoms with van der Waals surface area (Å²) >= 11 is 0. The SMILES string of the molecule is Cl.O=C(NCC1CCCN1)C1CCN(C(=O)N2CCCC2)CC1. The number of amides is 3. The molecule has 7 heteroatoms. The van der Waals surface area contributed by atoms with Gasteiger partial charge in [0.2, 0.25) is 5.91 Å². The van der Waals surface area contributed by atoms with Crippen LogP contribution in [0.1, 0.15) is 38.5 Å². The molecule has 6 nitrogen and oxygen atoms in total. The average molecular weight is 345 g/mol. The Morgan fingerprint density at radius 2 is 1.61 bits per heavy atom. The molecule has 3 heterocycles. The normalized spacial score (nSPS) is 25.3. The number of nitrogens with one attached hydrogen (secondary N) is 2. The molecule has 0 radical (unpaired) electrons. The van der Waals surface area contributed by atoms with Gasteiger partial charge in [0, 0.05) is 44.7 Å². The number of hydrogen-bond acceptors (Lipinski definition) is 3. The van der Waals surface area contributed by atoms with Gasteiger partial charge < -0.3 is 20.4 Å². The van der Waals surface area contributed by atoms with Gasteiger partial charge in [-0.2, -0.15) is 0 Å². The molecular weight excluding hydrogens is 316 g/mol. The third kappa shape index (κ3) is 4.73. The molecule has 23 heavy (non-hydrogen) atoms. The minimum absolute atomic E-state index is 0. The van der Waals surface area contributed by atoms with Crippen molar-refractivity contribution in [3.05, 3.63) is 0 Å². The standard InChI is InChI=1S/C16H28N4O2.ClH/c21-15(18-12-14-4-3-7-17-14)13-5-10-20(11-6-13)16(22)19-8-1-2-9-19;/h13-14,17H,1-12H2,(H,18,21);1H. The van der Waals surface area contributed by atoms with Crippen molar-refractivity contribution in [2.75, 3.05) is 39.3 Å². The highest BCUT2D eigenvalue weighted by Gasteiger charge is 2.30. The Hall–Kier alpha value is -1.01. The molecule has 132 valence electrons. The number of halogens is 1. The molecule has 0 spiro atoms. The fourth-order valence-electron chi connectivity index (χ4n) is 3.74. The molecule has 0 aliphatic carbocycles. The molecule has 3 amide bonds. The van der Waals surface area contributed by atoms with Crippen molar-refractivity contribution in [1.82, 2.24) is 20.4 Å². The first-order valence-electron chi connectivity index (χ1n) is 8.79. The first-order chi connectivity index (χ1) is 10.7. The smallest absolute Gasteiger partial charge is 0.319 e. The predicted molar refractivity (Wildman–Crippen MR) is 91.8 cm³/mol. The van der Waals surface area contributed by atoms with Crippen LogP contribution in [0.3, 0.4) is 0 Å². The third-order valence-corrected chi connectivity index (χ3v) is 5.20. The Balaban J connectivity index is 0.00000192. The van der Waals surface area contributed by atoms with E-state index in [2.05, 4.69) is 10.6 Å². The first-order valence-corrected chi connectivity index (χ1v) is 8.79. The van der Waals surface area contributed by atoms with E-state index in [0.29, 0.717) is 6.04 Å². The molecule has 3 saturated heterocycles. The van der Waals surface area contributed by atoms with Gasteiger partial charge in [0.15, 0.2) is 0 Å². The molecule has 2 N–H and O–H groups in total. The fourth-order valence-corrected chi connectivity index (χ4v) is 3.74. The second kappa shape index (κ2) is 8.73. The van der Waals surface area contributed by atoms with E-state index in [1.165, 1.54) is 6.42 Å². The van der Waals surface area contributed by atoms with Crippen molar-refractivity contribution < 1.29 is 9.59 Å². The van der Waals surface area contributed by atoms with Crippen LogP contribution < -0.4 is 10.6 Å². The number of carbonyl (C=O) groups excluding carboxylic acids is 2. The van der Waals surface area contributed by atoms with Crippen molar-refractivity contribution in [2.45, 2.75) is 44.6 Å². The zero-order valence-corrected chi connectivity index (χ0v) is 14.6. The highest BCUT2D eigenvalue weighted by Crippen LogP contribution is 2.20. The summed E-state index contributed by atoms with van der Waals surface area (Å²) in [4.78, 5) is 28.4. The topological polar surface area (TPSA) is 64.7 Å². The second-order valence-corrected chi connectivity index (χ2v) is 6.78. The van der Waals surface area contributed by atoms with Crippen LogP contribution in [0.25, 0.3) is 0 Å². The summed E-state index contributed by atoms with van der Waals surface area (Å²) in [7, 11) is 0. The minimum Gasteiger partial charge on any atom is -0.354 e. The maximum Gasteiger partial charge on any atom is 0.319 e. The number of piperidine rings is 1. The molecule has 1 atom stereocenters. The maximum absolute atomic E-state index is 12.3. The quantitative estimate of drug-likeness (QED) is 0.808. The summed E-state index contributed by atoms with van der Waals surface area (Å²) in [5.41, 5.74) is 0. The Morgan fingerprint density at radius 3 is 2.22 bits per heavy atom. The molecule has 3 aliphatic heterocycles. The van der Waals surface area contributed by atoms with Gasteiger partial charge in [-0.25, -0.2) is 4.79 Å². The zero-order valence-electron chi connectivity index (χ0n) is 13.8. The van der Waals surface area contributed by atoms with E-state index in [4.69, 9.17) is 0 Å². The molecule has 1 unspecified atom stereocenters. The Kier molecular flexibility index (Phi) is 6.96. The fraction of sp³-hybridized carbons (Fsp3) is 0.875. The lowest BCUT2D eigenvalue weighted by molar-refractivity contribution is -0.126. The molecule has 3 fully saturated rings. The predicted octanol–water partition coefficient (Wildman–Crippen LogP) is 1.20. The number of nitrogens with zero attached hydrogens (tertiary/aromatic N) is 2. The Bertz CT molecular complexity index is 401. The lowest BCUT2D eigenvalue weighted by Gasteiger charge is -2.34.